The van der Waals surface area contributed by atoms with Crippen LogP contribution in [0.15, 0.2) is 66.7 Å². The van der Waals surface area contributed by atoms with Crippen LogP contribution < -0.4 is 4.90 Å². The van der Waals surface area contributed by atoms with Gasteiger partial charge in [-0.25, -0.2) is 9.69 Å². The van der Waals surface area contributed by atoms with E-state index in [4.69, 9.17) is 11.6 Å². The molecule has 0 unspecified atom stereocenters. The molecule has 9 heteroatoms. The number of alkyl halides is 3. The Hall–Kier alpha value is -3.78. The molecule has 0 saturated carbocycles. The second kappa shape index (κ2) is 7.86. The number of H-pyrrole nitrogens is 1. The Morgan fingerprint density at radius 3 is 2.53 bits per heavy atom. The number of rotatable bonds is 2. The molecule has 3 amide bonds. The molecule has 0 aliphatic carbocycles. The Kier molecular flexibility index (Phi) is 4.95. The van der Waals surface area contributed by atoms with Crippen LogP contribution >= 0.6 is 11.6 Å². The summed E-state index contributed by atoms with van der Waals surface area (Å²) in [5.74, 6) is -0.602. The normalized spacial score (nSPS) is 19.7. The molecule has 182 valence electrons. The smallest absolute Gasteiger partial charge is 0.356 e. The minimum absolute atomic E-state index is 0.111. The van der Waals surface area contributed by atoms with Crippen LogP contribution in [0.5, 0.6) is 0 Å². The average molecular weight is 510 g/mol. The molecule has 2 aliphatic rings. The SMILES string of the molecule is Cc1cccc([C@@H]2c3[nH]c4ccccc4c3C[C@H]3C(=O)N(c4cc(C(F)(F)F)ccc4Cl)C(=O)N23)c1. The van der Waals surface area contributed by atoms with Crippen LogP contribution in [0.1, 0.15) is 34.0 Å². The van der Waals surface area contributed by atoms with Crippen LogP contribution in [-0.4, -0.2) is 27.9 Å². The van der Waals surface area contributed by atoms with Gasteiger partial charge in [-0.05, 0) is 42.3 Å². The molecule has 1 aromatic heterocycles. The number of nitrogens with one attached hydrogen (secondary N) is 1. The summed E-state index contributed by atoms with van der Waals surface area (Å²) in [6.45, 7) is 1.93. The molecule has 1 saturated heterocycles. The number of imide groups is 1. The maximum atomic E-state index is 13.8. The predicted molar refractivity (Wildman–Crippen MR) is 130 cm³/mol. The molecule has 0 spiro atoms. The standard InChI is InChI=1S/C27H19ClF3N3O2/c1-14-5-4-6-15(11-14)24-23-18(17-7-2-3-8-20(17)32-23)13-22-25(35)34(26(36)33(22)24)21-12-16(27(29,30)31)9-10-19(21)28/h2-12,22,24,32H,13H2,1H3/t22-,24+/m0/s1. The third kappa shape index (κ3) is 3.32. The van der Waals surface area contributed by atoms with Crippen LogP contribution in [0.25, 0.3) is 10.9 Å². The van der Waals surface area contributed by atoms with Crippen molar-refractivity contribution in [2.75, 3.05) is 4.90 Å². The van der Waals surface area contributed by atoms with Crippen molar-refractivity contribution in [1.29, 1.82) is 0 Å². The van der Waals surface area contributed by atoms with E-state index in [1.807, 2.05) is 55.5 Å². The van der Waals surface area contributed by atoms with E-state index < -0.39 is 35.8 Å². The summed E-state index contributed by atoms with van der Waals surface area (Å²) in [4.78, 5) is 33.2. The van der Waals surface area contributed by atoms with Crippen molar-refractivity contribution in [3.8, 4) is 0 Å². The fourth-order valence-corrected chi connectivity index (χ4v) is 5.55. The fourth-order valence-electron chi connectivity index (χ4n) is 5.34. The molecule has 2 aliphatic heterocycles. The van der Waals surface area contributed by atoms with Crippen molar-refractivity contribution >= 4 is 40.1 Å². The topological polar surface area (TPSA) is 56.4 Å². The van der Waals surface area contributed by atoms with Crippen molar-refractivity contribution in [3.63, 3.8) is 0 Å². The Morgan fingerprint density at radius 1 is 1.00 bits per heavy atom. The lowest BCUT2D eigenvalue weighted by atomic mass is 9.88. The number of carbonyl (C=O) groups excluding carboxylic acids is 2. The number of aryl methyl sites for hydroxylation is 1. The summed E-state index contributed by atoms with van der Waals surface area (Å²) in [6.07, 6.45) is -4.42. The van der Waals surface area contributed by atoms with Gasteiger partial charge < -0.3 is 4.98 Å². The number of carbonyl (C=O) groups is 2. The van der Waals surface area contributed by atoms with E-state index in [9.17, 15) is 22.8 Å². The number of para-hydroxylation sites is 1. The first-order valence-electron chi connectivity index (χ1n) is 11.3. The average Bonchev–Trinajstić information content (AvgIpc) is 3.32. The first kappa shape index (κ1) is 22.7. The van der Waals surface area contributed by atoms with Gasteiger partial charge in [0.15, 0.2) is 0 Å². The highest BCUT2D eigenvalue weighted by Crippen LogP contribution is 2.46. The summed E-state index contributed by atoms with van der Waals surface area (Å²) in [5, 5.41) is 0.834. The second-order valence-corrected chi connectivity index (χ2v) is 9.53. The zero-order chi connectivity index (χ0) is 25.4. The Labute approximate surface area is 209 Å². The molecule has 3 heterocycles. The number of hydrogen-bond acceptors (Lipinski definition) is 2. The number of amides is 3. The Bertz CT molecular complexity index is 1560. The Balaban J connectivity index is 1.54. The van der Waals surface area contributed by atoms with Gasteiger partial charge in [0.25, 0.3) is 5.91 Å². The molecule has 4 aromatic rings. The summed E-state index contributed by atoms with van der Waals surface area (Å²) in [7, 11) is 0. The van der Waals surface area contributed by atoms with Gasteiger partial charge in [0.2, 0.25) is 0 Å². The van der Waals surface area contributed by atoms with Crippen LogP contribution in [0.3, 0.4) is 0 Å². The van der Waals surface area contributed by atoms with Crippen LogP contribution in [-0.2, 0) is 17.4 Å². The minimum Gasteiger partial charge on any atom is -0.356 e. The number of hydrogen-bond donors (Lipinski definition) is 1. The largest absolute Gasteiger partial charge is 0.416 e. The molecular weight excluding hydrogens is 491 g/mol. The van der Waals surface area contributed by atoms with E-state index in [0.29, 0.717) is 0 Å². The zero-order valence-corrected chi connectivity index (χ0v) is 19.7. The van der Waals surface area contributed by atoms with Crippen LogP contribution in [0.2, 0.25) is 5.02 Å². The van der Waals surface area contributed by atoms with Gasteiger partial charge >= 0.3 is 12.2 Å². The van der Waals surface area contributed by atoms with Gasteiger partial charge in [-0.2, -0.15) is 13.2 Å². The molecule has 5 nitrogen and oxygen atoms in total. The quantitative estimate of drug-likeness (QED) is 0.308. The highest BCUT2D eigenvalue weighted by atomic mass is 35.5. The van der Waals surface area contributed by atoms with Crippen molar-refractivity contribution < 1.29 is 22.8 Å². The summed E-state index contributed by atoms with van der Waals surface area (Å²) in [5.41, 5.74) is 3.10. The second-order valence-electron chi connectivity index (χ2n) is 9.13. The number of urea groups is 1. The van der Waals surface area contributed by atoms with Crippen molar-refractivity contribution in [2.24, 2.45) is 0 Å². The number of aromatic nitrogens is 1. The van der Waals surface area contributed by atoms with E-state index in [1.54, 1.807) is 0 Å². The maximum Gasteiger partial charge on any atom is 0.416 e. The van der Waals surface area contributed by atoms with E-state index in [-0.39, 0.29) is 17.1 Å². The lowest BCUT2D eigenvalue weighted by molar-refractivity contribution is -0.137. The summed E-state index contributed by atoms with van der Waals surface area (Å²) in [6, 6.07) is 15.8. The monoisotopic (exact) mass is 509 g/mol. The lowest BCUT2D eigenvalue weighted by Crippen LogP contribution is -2.44. The van der Waals surface area contributed by atoms with E-state index in [2.05, 4.69) is 4.98 Å². The molecule has 1 fully saturated rings. The van der Waals surface area contributed by atoms with Gasteiger partial charge in [0.05, 0.1) is 16.3 Å². The van der Waals surface area contributed by atoms with Crippen LogP contribution in [0, 0.1) is 6.92 Å². The highest BCUT2D eigenvalue weighted by molar-refractivity contribution is 6.36. The first-order chi connectivity index (χ1) is 17.1. The third-order valence-electron chi connectivity index (χ3n) is 6.92. The number of fused-ring (bicyclic) bond motifs is 4. The molecule has 2 atom stereocenters. The molecule has 36 heavy (non-hydrogen) atoms. The summed E-state index contributed by atoms with van der Waals surface area (Å²) < 4.78 is 40.3. The van der Waals surface area contributed by atoms with Gasteiger partial charge in [-0.15, -0.1) is 0 Å². The predicted octanol–water partition coefficient (Wildman–Crippen LogP) is 6.63. The van der Waals surface area contributed by atoms with Crippen molar-refractivity contribution in [1.82, 2.24) is 9.88 Å². The number of anilines is 1. The number of nitrogens with zero attached hydrogens (tertiary/aromatic N) is 2. The number of benzene rings is 3. The van der Waals surface area contributed by atoms with E-state index >= 15 is 0 Å². The number of aromatic amines is 1. The first-order valence-corrected chi connectivity index (χ1v) is 11.7. The maximum absolute atomic E-state index is 13.8. The van der Waals surface area contributed by atoms with E-state index in [1.165, 1.54) is 4.90 Å². The van der Waals surface area contributed by atoms with Gasteiger partial charge in [-0.3, -0.25) is 9.69 Å². The van der Waals surface area contributed by atoms with Gasteiger partial charge in [-0.1, -0.05) is 59.6 Å². The van der Waals surface area contributed by atoms with E-state index in [0.717, 1.165) is 56.4 Å². The molecule has 0 radical (unpaired) electrons. The van der Waals surface area contributed by atoms with Crippen molar-refractivity contribution in [2.45, 2.75) is 31.6 Å². The highest BCUT2D eigenvalue weighted by Gasteiger charge is 2.53. The number of halogens is 4. The van der Waals surface area contributed by atoms with Crippen molar-refractivity contribution in [3.05, 3.63) is 99.7 Å². The minimum atomic E-state index is -4.65. The van der Waals surface area contributed by atoms with Gasteiger partial charge in [0, 0.05) is 23.0 Å². The van der Waals surface area contributed by atoms with Gasteiger partial charge in [0.1, 0.15) is 12.1 Å². The molecule has 6 rings (SSSR count). The third-order valence-corrected chi connectivity index (χ3v) is 7.24. The molecule has 3 aromatic carbocycles. The fraction of sp³-hybridized carbons (Fsp3) is 0.185. The molecule has 0 bridgehead atoms. The molecular formula is C27H19ClF3N3O2. The van der Waals surface area contributed by atoms with Crippen LogP contribution in [0.4, 0.5) is 23.7 Å². The zero-order valence-electron chi connectivity index (χ0n) is 18.9. The Morgan fingerprint density at radius 2 is 1.78 bits per heavy atom. The summed E-state index contributed by atoms with van der Waals surface area (Å²) >= 11 is 6.24. The molecule has 1 N–H and O–H groups in total. The lowest BCUT2D eigenvalue weighted by Gasteiger charge is -2.36.